The Balaban J connectivity index is 2.09. The molecule has 114 valence electrons. The summed E-state index contributed by atoms with van der Waals surface area (Å²) >= 11 is 3.51. The molecule has 1 aromatic carbocycles. The fourth-order valence-corrected chi connectivity index (χ4v) is 2.18. The van der Waals surface area contributed by atoms with Gasteiger partial charge in [0.1, 0.15) is 18.7 Å². The van der Waals surface area contributed by atoms with Gasteiger partial charge < -0.3 is 14.6 Å². The average molecular weight is 353 g/mol. The first kappa shape index (κ1) is 16.0. The highest BCUT2D eigenvalue weighted by atomic mass is 79.9. The van der Waals surface area contributed by atoms with E-state index in [0.717, 1.165) is 28.2 Å². The lowest BCUT2D eigenvalue weighted by Crippen LogP contribution is -2.35. The molecule has 0 unspecified atom stereocenters. The van der Waals surface area contributed by atoms with Crippen LogP contribution in [0.15, 0.2) is 29.0 Å². The summed E-state index contributed by atoms with van der Waals surface area (Å²) in [4.78, 5) is 0. The lowest BCUT2D eigenvalue weighted by molar-refractivity contribution is 0.286. The van der Waals surface area contributed by atoms with Crippen LogP contribution in [-0.2, 0) is 20.2 Å². The van der Waals surface area contributed by atoms with Crippen molar-refractivity contribution in [2.45, 2.75) is 39.5 Å². The third kappa shape index (κ3) is 4.82. The summed E-state index contributed by atoms with van der Waals surface area (Å²) in [7, 11) is 1.91. The molecule has 0 radical (unpaired) electrons. The molecule has 0 atom stereocenters. The van der Waals surface area contributed by atoms with Gasteiger partial charge in [0.05, 0.1) is 0 Å². The highest BCUT2D eigenvalue weighted by Gasteiger charge is 2.12. The molecule has 1 heterocycles. The van der Waals surface area contributed by atoms with Crippen LogP contribution >= 0.6 is 15.9 Å². The van der Waals surface area contributed by atoms with Crippen LogP contribution in [0.4, 0.5) is 0 Å². The quantitative estimate of drug-likeness (QED) is 0.898. The number of halogens is 1. The Morgan fingerprint density at radius 1 is 1.33 bits per heavy atom. The van der Waals surface area contributed by atoms with Gasteiger partial charge in [0.2, 0.25) is 0 Å². The smallest absolute Gasteiger partial charge is 0.170 e. The minimum absolute atomic E-state index is 0.0587. The topological polar surface area (TPSA) is 52.0 Å². The largest absolute Gasteiger partial charge is 0.485 e. The summed E-state index contributed by atoms with van der Waals surface area (Å²) in [6.45, 7) is 7.58. The number of ether oxygens (including phenoxy) is 1. The molecule has 0 spiro atoms. The molecule has 5 nitrogen and oxygen atoms in total. The van der Waals surface area contributed by atoms with Gasteiger partial charge in [0.25, 0.3) is 0 Å². The Bertz CT molecular complexity index is 604. The molecule has 0 aliphatic carbocycles. The average Bonchev–Trinajstić information content (AvgIpc) is 2.80. The molecule has 0 aliphatic rings. The van der Waals surface area contributed by atoms with E-state index in [9.17, 15) is 0 Å². The van der Waals surface area contributed by atoms with Crippen molar-refractivity contribution >= 4 is 15.9 Å². The maximum atomic E-state index is 5.90. The molecule has 0 bridgehead atoms. The summed E-state index contributed by atoms with van der Waals surface area (Å²) in [6, 6.07) is 6.03. The number of aromatic nitrogens is 3. The predicted octanol–water partition coefficient (Wildman–Crippen LogP) is 3.04. The van der Waals surface area contributed by atoms with Crippen molar-refractivity contribution in [3.05, 3.63) is 40.4 Å². The maximum absolute atomic E-state index is 5.90. The molecule has 0 fully saturated rings. The van der Waals surface area contributed by atoms with E-state index in [4.69, 9.17) is 4.74 Å². The van der Waals surface area contributed by atoms with Gasteiger partial charge in [0.15, 0.2) is 5.82 Å². The highest BCUT2D eigenvalue weighted by Crippen LogP contribution is 2.24. The van der Waals surface area contributed by atoms with Crippen molar-refractivity contribution in [2.24, 2.45) is 7.05 Å². The molecule has 0 saturated carbocycles. The zero-order valence-electron chi connectivity index (χ0n) is 12.9. The molecule has 0 amide bonds. The van der Waals surface area contributed by atoms with E-state index in [2.05, 4.69) is 58.3 Å². The number of hydrogen-bond acceptors (Lipinski definition) is 4. The molecule has 0 saturated heterocycles. The minimum Gasteiger partial charge on any atom is -0.485 e. The monoisotopic (exact) mass is 352 g/mol. The Kier molecular flexibility index (Phi) is 5.00. The SMILES string of the molecule is Cn1cnnc1COc1ccc(Br)cc1CNC(C)(C)C. The predicted molar refractivity (Wildman–Crippen MR) is 86.1 cm³/mol. The van der Waals surface area contributed by atoms with Crippen LogP contribution in [0.3, 0.4) is 0 Å². The molecule has 1 aromatic heterocycles. The van der Waals surface area contributed by atoms with Crippen LogP contribution in [0, 0.1) is 0 Å². The Morgan fingerprint density at radius 3 is 2.71 bits per heavy atom. The number of nitrogens with one attached hydrogen (secondary N) is 1. The molecular weight excluding hydrogens is 332 g/mol. The van der Waals surface area contributed by atoms with E-state index in [1.807, 2.05) is 23.7 Å². The summed E-state index contributed by atoms with van der Waals surface area (Å²) in [6.07, 6.45) is 1.67. The summed E-state index contributed by atoms with van der Waals surface area (Å²) in [5, 5.41) is 11.4. The maximum Gasteiger partial charge on any atom is 0.170 e. The van der Waals surface area contributed by atoms with Gasteiger partial charge in [-0.15, -0.1) is 10.2 Å². The van der Waals surface area contributed by atoms with Crippen LogP contribution < -0.4 is 10.1 Å². The van der Waals surface area contributed by atoms with Gasteiger partial charge in [-0.25, -0.2) is 0 Å². The van der Waals surface area contributed by atoms with Crippen LogP contribution in [0.25, 0.3) is 0 Å². The highest BCUT2D eigenvalue weighted by molar-refractivity contribution is 9.10. The summed E-state index contributed by atoms with van der Waals surface area (Å²) in [5.41, 5.74) is 1.17. The van der Waals surface area contributed by atoms with Crippen molar-refractivity contribution in [1.82, 2.24) is 20.1 Å². The fraction of sp³-hybridized carbons (Fsp3) is 0.467. The van der Waals surface area contributed by atoms with Crippen molar-refractivity contribution in [2.75, 3.05) is 0 Å². The zero-order chi connectivity index (χ0) is 15.5. The van der Waals surface area contributed by atoms with Crippen LogP contribution in [-0.4, -0.2) is 20.3 Å². The van der Waals surface area contributed by atoms with E-state index in [0.29, 0.717) is 6.61 Å². The molecule has 2 rings (SSSR count). The van der Waals surface area contributed by atoms with Crippen LogP contribution in [0.5, 0.6) is 5.75 Å². The Morgan fingerprint density at radius 2 is 2.10 bits per heavy atom. The van der Waals surface area contributed by atoms with E-state index >= 15 is 0 Å². The Labute approximate surface area is 133 Å². The normalized spacial score (nSPS) is 11.7. The van der Waals surface area contributed by atoms with Crippen molar-refractivity contribution in [3.8, 4) is 5.75 Å². The molecule has 0 aliphatic heterocycles. The number of benzene rings is 1. The lowest BCUT2D eigenvalue weighted by Gasteiger charge is -2.21. The van der Waals surface area contributed by atoms with Crippen molar-refractivity contribution < 1.29 is 4.74 Å². The van der Waals surface area contributed by atoms with Gasteiger partial charge in [0, 0.05) is 29.2 Å². The second-order valence-corrected chi connectivity index (χ2v) is 6.92. The van der Waals surface area contributed by atoms with Crippen molar-refractivity contribution in [1.29, 1.82) is 0 Å². The van der Waals surface area contributed by atoms with Crippen LogP contribution in [0.1, 0.15) is 32.2 Å². The van der Waals surface area contributed by atoms with E-state index in [-0.39, 0.29) is 5.54 Å². The second kappa shape index (κ2) is 6.58. The Hall–Kier alpha value is -1.40. The summed E-state index contributed by atoms with van der Waals surface area (Å²) < 4.78 is 8.79. The van der Waals surface area contributed by atoms with E-state index in [1.54, 1.807) is 6.33 Å². The van der Waals surface area contributed by atoms with Gasteiger partial charge in [-0.05, 0) is 39.0 Å². The van der Waals surface area contributed by atoms with Gasteiger partial charge in [-0.1, -0.05) is 15.9 Å². The van der Waals surface area contributed by atoms with Gasteiger partial charge in [-0.2, -0.15) is 0 Å². The number of rotatable bonds is 5. The van der Waals surface area contributed by atoms with Gasteiger partial charge >= 0.3 is 0 Å². The van der Waals surface area contributed by atoms with E-state index in [1.165, 1.54) is 0 Å². The fourth-order valence-electron chi connectivity index (χ4n) is 1.77. The molecule has 21 heavy (non-hydrogen) atoms. The molecule has 1 N–H and O–H groups in total. The van der Waals surface area contributed by atoms with Gasteiger partial charge in [-0.3, -0.25) is 0 Å². The van der Waals surface area contributed by atoms with Crippen LogP contribution in [0.2, 0.25) is 0 Å². The first-order valence-corrected chi connectivity index (χ1v) is 7.63. The molecule has 6 heteroatoms. The standard InChI is InChI=1S/C15H21BrN4O/c1-15(2,3)17-8-11-7-12(16)5-6-13(11)21-9-14-19-18-10-20(14)4/h5-7,10,17H,8-9H2,1-4H3. The number of aryl methyl sites for hydroxylation is 1. The number of hydrogen-bond donors (Lipinski definition) is 1. The first-order valence-electron chi connectivity index (χ1n) is 6.84. The summed E-state index contributed by atoms with van der Waals surface area (Å²) in [5.74, 6) is 1.66. The third-order valence-electron chi connectivity index (χ3n) is 2.99. The number of nitrogens with zero attached hydrogens (tertiary/aromatic N) is 3. The zero-order valence-corrected chi connectivity index (χ0v) is 14.4. The molecular formula is C15H21BrN4O. The minimum atomic E-state index is 0.0587. The first-order chi connectivity index (χ1) is 9.85. The van der Waals surface area contributed by atoms with E-state index < -0.39 is 0 Å². The van der Waals surface area contributed by atoms with Crippen molar-refractivity contribution in [3.63, 3.8) is 0 Å². The second-order valence-electron chi connectivity index (χ2n) is 6.00. The lowest BCUT2D eigenvalue weighted by atomic mass is 10.1. The molecule has 2 aromatic rings. The third-order valence-corrected chi connectivity index (χ3v) is 3.49.